The number of aromatic nitrogens is 3. The van der Waals surface area contributed by atoms with Crippen molar-refractivity contribution in [2.24, 2.45) is 0 Å². The standard InChI is InChI=1S/C11H17N3O6/c15-9(16)1-2-12-10(17)13(3-7-5-19-7)14(11(12)18)4-8-6-20-8/h7-9,15-16H,1-6H2. The van der Waals surface area contributed by atoms with Gasteiger partial charge in [0.1, 0.15) is 12.2 Å². The second-order valence-corrected chi connectivity index (χ2v) is 5.06. The maximum atomic E-state index is 12.2. The van der Waals surface area contributed by atoms with Crippen LogP contribution in [0.3, 0.4) is 0 Å². The molecule has 2 unspecified atom stereocenters. The second kappa shape index (κ2) is 5.17. The van der Waals surface area contributed by atoms with E-state index < -0.39 is 17.7 Å². The highest BCUT2D eigenvalue weighted by molar-refractivity contribution is 4.81. The molecule has 1 aromatic rings. The molecule has 9 heteroatoms. The molecular formula is C11H17N3O6. The summed E-state index contributed by atoms with van der Waals surface area (Å²) in [4.78, 5) is 24.5. The van der Waals surface area contributed by atoms with Crippen LogP contribution in [0.2, 0.25) is 0 Å². The Morgan fingerprint density at radius 2 is 1.50 bits per heavy atom. The highest BCUT2D eigenvalue weighted by atomic mass is 16.6. The van der Waals surface area contributed by atoms with E-state index >= 15 is 0 Å². The molecule has 0 aliphatic carbocycles. The first-order valence-electron chi connectivity index (χ1n) is 6.56. The molecule has 2 fully saturated rings. The molecule has 0 saturated carbocycles. The SMILES string of the molecule is O=c1n(CCC(O)O)c(=O)n(CC2CO2)n1CC1CO1. The molecule has 0 spiro atoms. The third-order valence-corrected chi connectivity index (χ3v) is 3.36. The Labute approximate surface area is 113 Å². The van der Waals surface area contributed by atoms with Crippen LogP contribution in [0.25, 0.3) is 0 Å². The van der Waals surface area contributed by atoms with Gasteiger partial charge in [0.2, 0.25) is 0 Å². The van der Waals surface area contributed by atoms with Gasteiger partial charge in [0.25, 0.3) is 0 Å². The summed E-state index contributed by atoms with van der Waals surface area (Å²) >= 11 is 0. The zero-order chi connectivity index (χ0) is 14.3. The molecular weight excluding hydrogens is 270 g/mol. The van der Waals surface area contributed by atoms with Gasteiger partial charge in [-0.2, -0.15) is 0 Å². The van der Waals surface area contributed by atoms with Crippen molar-refractivity contribution in [1.82, 2.24) is 13.9 Å². The number of rotatable bonds is 7. The van der Waals surface area contributed by atoms with Crippen LogP contribution in [0.4, 0.5) is 0 Å². The van der Waals surface area contributed by atoms with Crippen molar-refractivity contribution in [2.45, 2.75) is 44.6 Å². The Kier molecular flexibility index (Phi) is 3.50. The molecule has 2 aliphatic rings. The highest BCUT2D eigenvalue weighted by Crippen LogP contribution is 2.13. The molecule has 9 nitrogen and oxygen atoms in total. The predicted octanol–water partition coefficient (Wildman–Crippen LogP) is -2.69. The molecule has 3 heterocycles. The Morgan fingerprint density at radius 3 is 1.85 bits per heavy atom. The van der Waals surface area contributed by atoms with Crippen LogP contribution in [0.5, 0.6) is 0 Å². The van der Waals surface area contributed by atoms with E-state index in [9.17, 15) is 9.59 Å². The van der Waals surface area contributed by atoms with Crippen LogP contribution in [0, 0.1) is 0 Å². The number of aliphatic hydroxyl groups excluding tert-OH is 1. The zero-order valence-corrected chi connectivity index (χ0v) is 10.8. The van der Waals surface area contributed by atoms with Crippen LogP contribution in [0.15, 0.2) is 9.59 Å². The van der Waals surface area contributed by atoms with Gasteiger partial charge in [0.15, 0.2) is 6.29 Å². The second-order valence-electron chi connectivity index (χ2n) is 5.06. The zero-order valence-electron chi connectivity index (χ0n) is 10.8. The first kappa shape index (κ1) is 13.6. The van der Waals surface area contributed by atoms with Crippen LogP contribution in [0.1, 0.15) is 6.42 Å². The summed E-state index contributed by atoms with van der Waals surface area (Å²) in [7, 11) is 0. The quantitative estimate of drug-likeness (QED) is 0.417. The maximum Gasteiger partial charge on any atom is 0.347 e. The van der Waals surface area contributed by atoms with E-state index in [4.69, 9.17) is 19.7 Å². The van der Waals surface area contributed by atoms with Crippen LogP contribution in [-0.2, 0) is 29.1 Å². The van der Waals surface area contributed by atoms with Crippen molar-refractivity contribution in [3.05, 3.63) is 21.0 Å². The molecule has 112 valence electrons. The summed E-state index contributed by atoms with van der Waals surface area (Å²) in [6.45, 7) is 1.80. The lowest BCUT2D eigenvalue weighted by Crippen LogP contribution is -2.31. The number of aliphatic hydroxyl groups is 2. The Bertz CT molecular complexity index is 547. The highest BCUT2D eigenvalue weighted by Gasteiger charge is 2.30. The van der Waals surface area contributed by atoms with Gasteiger partial charge in [-0.05, 0) is 0 Å². The molecule has 2 N–H and O–H groups in total. The lowest BCUT2D eigenvalue weighted by atomic mass is 10.4. The minimum atomic E-state index is -1.54. The lowest BCUT2D eigenvalue weighted by Gasteiger charge is -2.05. The number of epoxide rings is 2. The molecule has 2 saturated heterocycles. The van der Waals surface area contributed by atoms with Crippen LogP contribution in [-0.4, -0.2) is 55.9 Å². The molecule has 0 radical (unpaired) electrons. The number of nitrogens with zero attached hydrogens (tertiary/aromatic N) is 3. The molecule has 2 aliphatic heterocycles. The maximum absolute atomic E-state index is 12.2. The molecule has 3 rings (SSSR count). The Morgan fingerprint density at radius 1 is 1.05 bits per heavy atom. The van der Waals surface area contributed by atoms with Gasteiger partial charge in [-0.3, -0.25) is 0 Å². The predicted molar refractivity (Wildman–Crippen MR) is 65.3 cm³/mol. The van der Waals surface area contributed by atoms with E-state index in [1.54, 1.807) is 0 Å². The summed E-state index contributed by atoms with van der Waals surface area (Å²) in [5.74, 6) is 0. The molecule has 0 aromatic carbocycles. The van der Waals surface area contributed by atoms with Crippen LogP contribution < -0.4 is 11.4 Å². The number of hydrogen-bond acceptors (Lipinski definition) is 6. The fourth-order valence-electron chi connectivity index (χ4n) is 2.09. The first-order chi connectivity index (χ1) is 9.56. The number of ether oxygens (including phenoxy) is 2. The summed E-state index contributed by atoms with van der Waals surface area (Å²) in [6, 6.07) is 0. The van der Waals surface area contributed by atoms with Crippen molar-refractivity contribution in [1.29, 1.82) is 0 Å². The molecule has 20 heavy (non-hydrogen) atoms. The minimum absolute atomic E-state index is 0.0284. The van der Waals surface area contributed by atoms with Crippen LogP contribution >= 0.6 is 0 Å². The van der Waals surface area contributed by atoms with E-state index in [2.05, 4.69) is 0 Å². The average molecular weight is 287 g/mol. The summed E-state index contributed by atoms with van der Waals surface area (Å²) in [6.07, 6.45) is -1.67. The molecule has 1 aromatic heterocycles. The van der Waals surface area contributed by atoms with Gasteiger partial charge < -0.3 is 19.7 Å². The van der Waals surface area contributed by atoms with Gasteiger partial charge in [-0.15, -0.1) is 0 Å². The summed E-state index contributed by atoms with van der Waals surface area (Å²) < 4.78 is 13.9. The first-order valence-corrected chi connectivity index (χ1v) is 6.56. The van der Waals surface area contributed by atoms with E-state index in [0.29, 0.717) is 26.3 Å². The van der Waals surface area contributed by atoms with Gasteiger partial charge in [-0.25, -0.2) is 23.5 Å². The third kappa shape index (κ3) is 2.85. The molecule has 0 amide bonds. The smallest absolute Gasteiger partial charge is 0.347 e. The van der Waals surface area contributed by atoms with Crippen molar-refractivity contribution >= 4 is 0 Å². The van der Waals surface area contributed by atoms with Gasteiger partial charge in [-0.1, -0.05) is 0 Å². The third-order valence-electron chi connectivity index (χ3n) is 3.36. The fourth-order valence-corrected chi connectivity index (χ4v) is 2.09. The van der Waals surface area contributed by atoms with Crippen molar-refractivity contribution in [2.75, 3.05) is 13.2 Å². The molecule has 0 bridgehead atoms. The average Bonchev–Trinajstić information content (AvgIpc) is 3.26. The van der Waals surface area contributed by atoms with E-state index in [1.165, 1.54) is 9.36 Å². The van der Waals surface area contributed by atoms with Crippen molar-refractivity contribution in [3.8, 4) is 0 Å². The monoisotopic (exact) mass is 287 g/mol. The van der Waals surface area contributed by atoms with Crippen molar-refractivity contribution in [3.63, 3.8) is 0 Å². The Balaban J connectivity index is 1.90. The van der Waals surface area contributed by atoms with Gasteiger partial charge >= 0.3 is 11.4 Å². The van der Waals surface area contributed by atoms with Crippen molar-refractivity contribution < 1.29 is 19.7 Å². The van der Waals surface area contributed by atoms with Gasteiger partial charge in [0.05, 0.1) is 26.3 Å². The normalized spacial score (nSPS) is 24.4. The lowest BCUT2D eigenvalue weighted by molar-refractivity contribution is -0.0480. The van der Waals surface area contributed by atoms with E-state index in [-0.39, 0.29) is 25.2 Å². The Hall–Kier alpha value is -1.42. The summed E-state index contributed by atoms with van der Waals surface area (Å²) in [5, 5.41) is 17.7. The minimum Gasteiger partial charge on any atom is -0.371 e. The van der Waals surface area contributed by atoms with Gasteiger partial charge in [0, 0.05) is 13.0 Å². The van der Waals surface area contributed by atoms with E-state index in [0.717, 1.165) is 4.57 Å². The fraction of sp³-hybridized carbons (Fsp3) is 0.818. The molecule has 2 atom stereocenters. The topological polar surface area (TPSA) is 114 Å². The number of hydrogen-bond donors (Lipinski definition) is 2. The van der Waals surface area contributed by atoms with E-state index in [1.807, 2.05) is 0 Å². The largest absolute Gasteiger partial charge is 0.371 e. The summed E-state index contributed by atoms with van der Waals surface area (Å²) in [5.41, 5.74) is -0.904.